The number of ether oxygens (including phenoxy) is 1. The van der Waals surface area contributed by atoms with Crippen LogP contribution >= 0.6 is 0 Å². The fraction of sp³-hybridized carbons (Fsp3) is 1.00. The van der Waals surface area contributed by atoms with Crippen molar-refractivity contribution in [3.8, 4) is 0 Å². The molecular weight excluding hydrogens is 142 g/mol. The normalized spacial score (nSPS) is 36.3. The smallest absolute Gasteiger partial charge is 0.155 e. The fourth-order valence-corrected chi connectivity index (χ4v) is 2.04. The minimum atomic E-state index is -0.493. The lowest BCUT2D eigenvalue weighted by Crippen LogP contribution is -2.41. The van der Waals surface area contributed by atoms with E-state index in [9.17, 15) is 5.11 Å². The first-order valence-electron chi connectivity index (χ1n) is 4.37. The minimum Gasteiger partial charge on any atom is -0.368 e. The summed E-state index contributed by atoms with van der Waals surface area (Å²) in [6, 6.07) is 0. The van der Waals surface area contributed by atoms with Crippen LogP contribution in [0, 0.1) is 0 Å². The predicted molar refractivity (Wildman–Crippen MR) is 41.2 cm³/mol. The first-order chi connectivity index (χ1) is 5.31. The molecule has 1 unspecified atom stereocenters. The van der Waals surface area contributed by atoms with Crippen LogP contribution in [0.1, 0.15) is 25.7 Å². The molecule has 1 atom stereocenters. The van der Waals surface area contributed by atoms with Gasteiger partial charge in [0.1, 0.15) is 0 Å². The molecule has 0 aromatic rings. The zero-order valence-corrected chi connectivity index (χ0v) is 6.68. The molecule has 64 valence electrons. The molecule has 2 fully saturated rings. The number of nitrogens with one attached hydrogen (secondary N) is 1. The molecular formula is C8H15NO2. The lowest BCUT2D eigenvalue weighted by molar-refractivity contribution is -0.145. The van der Waals surface area contributed by atoms with E-state index in [1.54, 1.807) is 0 Å². The summed E-state index contributed by atoms with van der Waals surface area (Å²) in [7, 11) is 0. The molecule has 1 spiro atoms. The van der Waals surface area contributed by atoms with Gasteiger partial charge in [0.25, 0.3) is 0 Å². The summed E-state index contributed by atoms with van der Waals surface area (Å²) in [6.07, 6.45) is 3.48. The highest BCUT2D eigenvalue weighted by Crippen LogP contribution is 2.36. The van der Waals surface area contributed by atoms with Gasteiger partial charge in [0, 0.05) is 6.42 Å². The standard InChI is InChI=1S/C8H15NO2/c10-7-1-2-8(11-7)3-5-9-6-4-8/h7,9-10H,1-6H2. The minimum absolute atomic E-state index is 0.0324. The molecule has 2 aliphatic heterocycles. The van der Waals surface area contributed by atoms with Gasteiger partial charge in [-0.25, -0.2) is 0 Å². The highest BCUT2D eigenvalue weighted by Gasteiger charge is 2.39. The van der Waals surface area contributed by atoms with Gasteiger partial charge in [-0.1, -0.05) is 0 Å². The zero-order chi connectivity index (χ0) is 7.73. The monoisotopic (exact) mass is 157 g/mol. The van der Waals surface area contributed by atoms with Gasteiger partial charge < -0.3 is 15.2 Å². The predicted octanol–water partition coefficient (Wildman–Crippen LogP) is 0.237. The molecule has 2 rings (SSSR count). The van der Waals surface area contributed by atoms with Crippen LogP contribution in [0.3, 0.4) is 0 Å². The van der Waals surface area contributed by atoms with E-state index in [-0.39, 0.29) is 5.60 Å². The maximum Gasteiger partial charge on any atom is 0.155 e. The van der Waals surface area contributed by atoms with Gasteiger partial charge in [0.15, 0.2) is 6.29 Å². The van der Waals surface area contributed by atoms with Crippen molar-refractivity contribution < 1.29 is 9.84 Å². The Bertz CT molecular complexity index is 138. The van der Waals surface area contributed by atoms with Crippen molar-refractivity contribution in [2.75, 3.05) is 13.1 Å². The molecule has 0 amide bonds. The molecule has 0 aromatic carbocycles. The topological polar surface area (TPSA) is 41.5 Å². The highest BCUT2D eigenvalue weighted by molar-refractivity contribution is 4.90. The van der Waals surface area contributed by atoms with Crippen LogP contribution in [0.25, 0.3) is 0 Å². The molecule has 3 nitrogen and oxygen atoms in total. The molecule has 11 heavy (non-hydrogen) atoms. The van der Waals surface area contributed by atoms with Crippen molar-refractivity contribution >= 4 is 0 Å². The largest absolute Gasteiger partial charge is 0.368 e. The molecule has 2 N–H and O–H groups in total. The molecule has 2 heterocycles. The Balaban J connectivity index is 1.98. The van der Waals surface area contributed by atoms with Crippen molar-refractivity contribution in [1.29, 1.82) is 0 Å². The molecule has 0 aliphatic carbocycles. The van der Waals surface area contributed by atoms with E-state index >= 15 is 0 Å². The third-order valence-corrected chi connectivity index (χ3v) is 2.75. The summed E-state index contributed by atoms with van der Waals surface area (Å²) in [5, 5.41) is 12.5. The van der Waals surface area contributed by atoms with E-state index in [1.807, 2.05) is 0 Å². The number of piperidine rings is 1. The van der Waals surface area contributed by atoms with Crippen LogP contribution in [-0.4, -0.2) is 30.1 Å². The van der Waals surface area contributed by atoms with Gasteiger partial charge in [-0.3, -0.25) is 0 Å². The van der Waals surface area contributed by atoms with Crippen molar-refractivity contribution in [2.45, 2.75) is 37.6 Å². The van der Waals surface area contributed by atoms with Gasteiger partial charge in [-0.05, 0) is 32.4 Å². The Hall–Kier alpha value is -0.120. The van der Waals surface area contributed by atoms with E-state index in [1.165, 1.54) is 0 Å². The van der Waals surface area contributed by atoms with Crippen LogP contribution in [0.2, 0.25) is 0 Å². The SMILES string of the molecule is OC1CCC2(CCNCC2)O1. The van der Waals surface area contributed by atoms with Crippen LogP contribution < -0.4 is 5.32 Å². The molecule has 0 radical (unpaired) electrons. The third-order valence-electron chi connectivity index (χ3n) is 2.75. The fourth-order valence-electron chi connectivity index (χ4n) is 2.04. The number of rotatable bonds is 0. The average molecular weight is 157 g/mol. The molecule has 3 heteroatoms. The first-order valence-corrected chi connectivity index (χ1v) is 4.37. The quantitative estimate of drug-likeness (QED) is 0.529. The molecule has 0 bridgehead atoms. The number of hydrogen-bond donors (Lipinski definition) is 2. The Morgan fingerprint density at radius 2 is 2.00 bits per heavy atom. The van der Waals surface area contributed by atoms with Crippen molar-refractivity contribution in [2.24, 2.45) is 0 Å². The first kappa shape index (κ1) is 7.53. The van der Waals surface area contributed by atoms with Gasteiger partial charge >= 0.3 is 0 Å². The Labute approximate surface area is 66.7 Å². The summed E-state index contributed by atoms with van der Waals surface area (Å²) in [5.74, 6) is 0. The lowest BCUT2D eigenvalue weighted by Gasteiger charge is -2.32. The van der Waals surface area contributed by atoms with E-state index in [0.29, 0.717) is 0 Å². The number of aliphatic hydroxyl groups is 1. The Morgan fingerprint density at radius 1 is 1.27 bits per heavy atom. The summed E-state index contributed by atoms with van der Waals surface area (Å²) >= 11 is 0. The number of aliphatic hydroxyl groups excluding tert-OH is 1. The molecule has 2 aliphatic rings. The molecule has 0 aromatic heterocycles. The van der Waals surface area contributed by atoms with Crippen molar-refractivity contribution in [3.63, 3.8) is 0 Å². The zero-order valence-electron chi connectivity index (χ0n) is 6.68. The second kappa shape index (κ2) is 2.73. The summed E-state index contributed by atoms with van der Waals surface area (Å²) in [5.41, 5.74) is 0.0324. The maximum absolute atomic E-state index is 9.20. The van der Waals surface area contributed by atoms with Gasteiger partial charge in [0.05, 0.1) is 5.60 Å². The second-order valence-electron chi connectivity index (χ2n) is 3.54. The summed E-state index contributed by atoms with van der Waals surface area (Å²) in [6.45, 7) is 2.07. The van der Waals surface area contributed by atoms with Crippen molar-refractivity contribution in [1.82, 2.24) is 5.32 Å². The summed E-state index contributed by atoms with van der Waals surface area (Å²) < 4.78 is 5.51. The van der Waals surface area contributed by atoms with Crippen molar-refractivity contribution in [3.05, 3.63) is 0 Å². The molecule has 0 saturated carbocycles. The third kappa shape index (κ3) is 1.41. The summed E-state index contributed by atoms with van der Waals surface area (Å²) in [4.78, 5) is 0. The van der Waals surface area contributed by atoms with E-state index in [4.69, 9.17) is 4.74 Å². The van der Waals surface area contributed by atoms with Crippen LogP contribution in [0.4, 0.5) is 0 Å². The Kier molecular flexibility index (Phi) is 1.87. The van der Waals surface area contributed by atoms with Gasteiger partial charge in [0.2, 0.25) is 0 Å². The lowest BCUT2D eigenvalue weighted by atomic mass is 9.90. The highest BCUT2D eigenvalue weighted by atomic mass is 16.6. The second-order valence-corrected chi connectivity index (χ2v) is 3.54. The van der Waals surface area contributed by atoms with Gasteiger partial charge in [-0.15, -0.1) is 0 Å². The van der Waals surface area contributed by atoms with Crippen LogP contribution in [0.5, 0.6) is 0 Å². The number of hydrogen-bond acceptors (Lipinski definition) is 3. The van der Waals surface area contributed by atoms with E-state index in [0.717, 1.165) is 38.8 Å². The van der Waals surface area contributed by atoms with Crippen LogP contribution in [-0.2, 0) is 4.74 Å². The molecule has 2 saturated heterocycles. The van der Waals surface area contributed by atoms with E-state index < -0.39 is 6.29 Å². The average Bonchev–Trinajstić information content (AvgIpc) is 2.34. The van der Waals surface area contributed by atoms with E-state index in [2.05, 4.69) is 5.32 Å². The Morgan fingerprint density at radius 3 is 2.55 bits per heavy atom. The maximum atomic E-state index is 9.20. The van der Waals surface area contributed by atoms with Crippen LogP contribution in [0.15, 0.2) is 0 Å². The van der Waals surface area contributed by atoms with Gasteiger partial charge in [-0.2, -0.15) is 0 Å².